The summed E-state index contributed by atoms with van der Waals surface area (Å²) in [6.07, 6.45) is 20.3. The lowest BCUT2D eigenvalue weighted by Gasteiger charge is -2.28. The number of nitrogens with zero attached hydrogens (tertiary/aromatic N) is 2. The molecule has 0 atom stereocenters. The highest BCUT2D eigenvalue weighted by Gasteiger charge is 2.23. The summed E-state index contributed by atoms with van der Waals surface area (Å²) in [6, 6.07) is 0. The Kier molecular flexibility index (Phi) is 24.3. The maximum atomic E-state index is 11.6. The number of aliphatic carboxylic acids is 1. The van der Waals surface area contributed by atoms with Crippen LogP contribution < -0.4 is 0 Å². The number of esters is 1. The average molecular weight is 567 g/mol. The van der Waals surface area contributed by atoms with Crippen LogP contribution in [0.15, 0.2) is 23.8 Å². The Morgan fingerprint density at radius 2 is 1.20 bits per heavy atom. The standard InChI is InChI=1S/2C17H33NO2/c1-6-7-8-9-10-11-12-15(16(19)20)13-17(2,3)14-18(4)5;1-6-7-8-9-10-11-12-13-16(19)20-15-17(2,3)14-18(4)5/h12H,6-11,13-14H2,1-5H3,(H,19,20);12-13H,6-11,14-15H2,1-5H3/b15-12+;13-12+. The summed E-state index contributed by atoms with van der Waals surface area (Å²) in [5.41, 5.74) is 0.565. The number of carbonyl (C=O) groups excluding carboxylic acids is 1. The van der Waals surface area contributed by atoms with E-state index in [0.717, 1.165) is 38.8 Å². The van der Waals surface area contributed by atoms with Crippen LogP contribution >= 0.6 is 0 Å². The maximum absolute atomic E-state index is 11.6. The zero-order chi connectivity index (χ0) is 31.0. The molecule has 0 aromatic rings. The molecule has 0 aliphatic rings. The van der Waals surface area contributed by atoms with Crippen molar-refractivity contribution in [2.45, 2.75) is 125 Å². The molecule has 0 aliphatic carbocycles. The van der Waals surface area contributed by atoms with Crippen LogP contribution in [0.2, 0.25) is 0 Å². The van der Waals surface area contributed by atoms with Gasteiger partial charge in [-0.25, -0.2) is 9.59 Å². The molecule has 0 amide bonds. The third-order valence-corrected chi connectivity index (χ3v) is 6.46. The second-order valence-electron chi connectivity index (χ2n) is 13.4. The van der Waals surface area contributed by atoms with E-state index in [-0.39, 0.29) is 16.8 Å². The Bertz CT molecular complexity index is 707. The molecule has 0 saturated carbocycles. The predicted molar refractivity (Wildman–Crippen MR) is 172 cm³/mol. The van der Waals surface area contributed by atoms with Gasteiger partial charge in [0, 0.05) is 30.2 Å². The number of unbranched alkanes of at least 4 members (excludes halogenated alkanes) is 10. The SMILES string of the molecule is CCCCCCC/C=C(\CC(C)(C)CN(C)C)C(=O)O.CCCCCCC/C=C/C(=O)OCC(C)(C)CN(C)C. The maximum Gasteiger partial charge on any atom is 0.331 e. The molecule has 6 heteroatoms. The molecule has 236 valence electrons. The van der Waals surface area contributed by atoms with Crippen molar-refractivity contribution in [3.05, 3.63) is 23.8 Å². The Morgan fingerprint density at radius 3 is 1.68 bits per heavy atom. The van der Waals surface area contributed by atoms with Gasteiger partial charge in [0.15, 0.2) is 0 Å². The summed E-state index contributed by atoms with van der Waals surface area (Å²) in [7, 11) is 8.11. The summed E-state index contributed by atoms with van der Waals surface area (Å²) in [4.78, 5) is 27.2. The molecule has 0 spiro atoms. The largest absolute Gasteiger partial charge is 0.478 e. The highest BCUT2D eigenvalue weighted by molar-refractivity contribution is 5.86. The second-order valence-corrected chi connectivity index (χ2v) is 13.4. The van der Waals surface area contributed by atoms with Gasteiger partial charge in [0.1, 0.15) is 0 Å². The van der Waals surface area contributed by atoms with Crippen molar-refractivity contribution >= 4 is 11.9 Å². The summed E-state index contributed by atoms with van der Waals surface area (Å²) in [6.45, 7) is 15.2. The van der Waals surface area contributed by atoms with Crippen molar-refractivity contribution in [2.24, 2.45) is 10.8 Å². The molecular formula is C34H66N2O4. The lowest BCUT2D eigenvalue weighted by molar-refractivity contribution is -0.141. The number of rotatable bonds is 22. The van der Waals surface area contributed by atoms with Crippen molar-refractivity contribution in [3.8, 4) is 0 Å². The van der Waals surface area contributed by atoms with Crippen LogP contribution in [-0.2, 0) is 14.3 Å². The second kappa shape index (κ2) is 24.0. The van der Waals surface area contributed by atoms with Crippen LogP contribution in [0.4, 0.5) is 0 Å². The molecule has 0 aromatic heterocycles. The van der Waals surface area contributed by atoms with Crippen LogP contribution in [0.5, 0.6) is 0 Å². The lowest BCUT2D eigenvalue weighted by Crippen LogP contribution is -2.33. The van der Waals surface area contributed by atoms with Gasteiger partial charge in [-0.05, 0) is 65.7 Å². The number of carboxylic acid groups (broad SMARTS) is 1. The minimum Gasteiger partial charge on any atom is -0.478 e. The average Bonchev–Trinajstić information content (AvgIpc) is 2.82. The molecule has 0 heterocycles. The van der Waals surface area contributed by atoms with Gasteiger partial charge in [-0.1, -0.05) is 105 Å². The third kappa shape index (κ3) is 27.9. The van der Waals surface area contributed by atoms with E-state index in [9.17, 15) is 14.7 Å². The van der Waals surface area contributed by atoms with Crippen LogP contribution in [0.25, 0.3) is 0 Å². The summed E-state index contributed by atoms with van der Waals surface area (Å²) < 4.78 is 5.30. The number of allylic oxidation sites excluding steroid dienone is 2. The number of hydrogen-bond donors (Lipinski definition) is 1. The molecule has 0 unspecified atom stereocenters. The van der Waals surface area contributed by atoms with E-state index in [0.29, 0.717) is 18.6 Å². The Balaban J connectivity index is 0. The fourth-order valence-electron chi connectivity index (χ4n) is 4.95. The molecule has 0 aromatic carbocycles. The van der Waals surface area contributed by atoms with E-state index in [4.69, 9.17) is 4.74 Å². The van der Waals surface area contributed by atoms with Crippen molar-refractivity contribution in [1.82, 2.24) is 9.80 Å². The number of carbonyl (C=O) groups is 2. The molecular weight excluding hydrogens is 500 g/mol. The normalized spacial score (nSPS) is 12.7. The van der Waals surface area contributed by atoms with Gasteiger partial charge in [-0.15, -0.1) is 0 Å². The first-order chi connectivity index (χ1) is 18.7. The van der Waals surface area contributed by atoms with Gasteiger partial charge in [-0.2, -0.15) is 0 Å². The molecule has 1 N–H and O–H groups in total. The summed E-state index contributed by atoms with van der Waals surface area (Å²) in [5, 5.41) is 9.33. The Labute approximate surface area is 248 Å². The monoisotopic (exact) mass is 567 g/mol. The molecule has 0 rings (SSSR count). The van der Waals surface area contributed by atoms with E-state index in [2.05, 4.69) is 51.3 Å². The van der Waals surface area contributed by atoms with Crippen molar-refractivity contribution in [3.63, 3.8) is 0 Å². The molecule has 0 aliphatic heterocycles. The zero-order valence-electron chi connectivity index (χ0n) is 28.1. The minimum absolute atomic E-state index is 0.00403. The zero-order valence-corrected chi connectivity index (χ0v) is 28.1. The van der Waals surface area contributed by atoms with Crippen molar-refractivity contribution in [2.75, 3.05) is 47.9 Å². The smallest absolute Gasteiger partial charge is 0.331 e. The third-order valence-electron chi connectivity index (χ3n) is 6.46. The van der Waals surface area contributed by atoms with Gasteiger partial charge in [0.05, 0.1) is 6.61 Å². The fraction of sp³-hybridized carbons (Fsp3) is 0.824. The minimum atomic E-state index is -0.759. The van der Waals surface area contributed by atoms with Gasteiger partial charge in [0.2, 0.25) is 0 Å². The molecule has 0 bridgehead atoms. The first-order valence-corrected chi connectivity index (χ1v) is 15.7. The van der Waals surface area contributed by atoms with Gasteiger partial charge >= 0.3 is 11.9 Å². The van der Waals surface area contributed by atoms with Gasteiger partial charge in [0.25, 0.3) is 0 Å². The molecule has 40 heavy (non-hydrogen) atoms. The Morgan fingerprint density at radius 1 is 0.725 bits per heavy atom. The van der Waals surface area contributed by atoms with Crippen molar-refractivity contribution in [1.29, 1.82) is 0 Å². The molecule has 6 nitrogen and oxygen atoms in total. The molecule has 0 saturated heterocycles. The Hall–Kier alpha value is -1.66. The fourth-order valence-corrected chi connectivity index (χ4v) is 4.95. The summed E-state index contributed by atoms with van der Waals surface area (Å²) in [5.74, 6) is -0.976. The van der Waals surface area contributed by atoms with Crippen LogP contribution in [0, 0.1) is 10.8 Å². The topological polar surface area (TPSA) is 70.1 Å². The van der Waals surface area contributed by atoms with E-state index >= 15 is 0 Å². The van der Waals surface area contributed by atoms with E-state index in [1.807, 2.05) is 40.3 Å². The molecule has 0 radical (unpaired) electrons. The van der Waals surface area contributed by atoms with E-state index < -0.39 is 5.97 Å². The van der Waals surface area contributed by atoms with Gasteiger partial charge < -0.3 is 19.6 Å². The predicted octanol–water partition coefficient (Wildman–Crippen LogP) is 8.37. The number of hydrogen-bond acceptors (Lipinski definition) is 5. The van der Waals surface area contributed by atoms with Crippen LogP contribution in [0.1, 0.15) is 125 Å². The van der Waals surface area contributed by atoms with Crippen LogP contribution in [0.3, 0.4) is 0 Å². The molecule has 0 fully saturated rings. The first-order valence-electron chi connectivity index (χ1n) is 15.7. The quantitative estimate of drug-likeness (QED) is 0.0806. The van der Waals surface area contributed by atoms with Crippen molar-refractivity contribution < 1.29 is 19.4 Å². The number of carboxylic acids is 1. The highest BCUT2D eigenvalue weighted by Crippen LogP contribution is 2.26. The highest BCUT2D eigenvalue weighted by atomic mass is 16.5. The lowest BCUT2D eigenvalue weighted by atomic mass is 9.84. The van der Waals surface area contributed by atoms with Crippen LogP contribution in [-0.4, -0.2) is 74.7 Å². The van der Waals surface area contributed by atoms with E-state index in [1.165, 1.54) is 51.4 Å². The van der Waals surface area contributed by atoms with E-state index in [1.54, 1.807) is 6.08 Å². The number of ether oxygens (including phenoxy) is 1. The summed E-state index contributed by atoms with van der Waals surface area (Å²) >= 11 is 0. The first kappa shape index (κ1) is 40.5. The van der Waals surface area contributed by atoms with Gasteiger partial charge in [-0.3, -0.25) is 0 Å².